The van der Waals surface area contributed by atoms with Gasteiger partial charge in [-0.05, 0) is 48.0 Å². The molecule has 0 aliphatic heterocycles. The molecule has 30 heavy (non-hydrogen) atoms. The van der Waals surface area contributed by atoms with Gasteiger partial charge in [-0.2, -0.15) is 0 Å². The van der Waals surface area contributed by atoms with E-state index in [1.54, 1.807) is 30.6 Å². The number of pyridine rings is 1. The zero-order valence-corrected chi connectivity index (χ0v) is 15.7. The number of imidazole rings is 1. The standard InChI is InChI=1S/C22H17FN4O3/c23-16-4-1-13(2-5-16)11-19(22(29)30)27-21(28)15-3-6-17-18(12-15)26-20(25-17)14-7-9-24-10-8-14/h1-10,12,19H,11H2,(H,25,26)(H,27,28)(H,29,30)/t19-/m0/s1. The first-order chi connectivity index (χ1) is 14.5. The number of amides is 1. The number of aliphatic carboxylic acids is 1. The topological polar surface area (TPSA) is 108 Å². The minimum Gasteiger partial charge on any atom is -0.480 e. The molecular formula is C22H17FN4O3. The predicted octanol–water partition coefficient (Wildman–Crippen LogP) is 3.19. The molecule has 2 aromatic carbocycles. The fourth-order valence-corrected chi connectivity index (χ4v) is 3.10. The molecule has 150 valence electrons. The van der Waals surface area contributed by atoms with Gasteiger partial charge in [-0.1, -0.05) is 12.1 Å². The second-order valence-electron chi connectivity index (χ2n) is 6.75. The molecule has 0 radical (unpaired) electrons. The number of nitrogens with zero attached hydrogens (tertiary/aromatic N) is 2. The van der Waals surface area contributed by atoms with Crippen molar-refractivity contribution in [3.05, 3.63) is 83.9 Å². The molecule has 0 fully saturated rings. The van der Waals surface area contributed by atoms with Crippen LogP contribution in [0.15, 0.2) is 67.0 Å². The highest BCUT2D eigenvalue weighted by atomic mass is 19.1. The van der Waals surface area contributed by atoms with Crippen LogP contribution in [0.1, 0.15) is 15.9 Å². The number of carboxylic acid groups (broad SMARTS) is 1. The number of halogens is 1. The van der Waals surface area contributed by atoms with Crippen molar-refractivity contribution in [2.24, 2.45) is 0 Å². The Morgan fingerprint density at radius 2 is 1.80 bits per heavy atom. The normalized spacial score (nSPS) is 11.9. The number of aromatic nitrogens is 3. The molecule has 2 aromatic heterocycles. The highest BCUT2D eigenvalue weighted by Gasteiger charge is 2.21. The molecule has 2 heterocycles. The number of nitrogens with one attached hydrogen (secondary N) is 2. The number of aromatic amines is 1. The summed E-state index contributed by atoms with van der Waals surface area (Å²) < 4.78 is 13.1. The van der Waals surface area contributed by atoms with E-state index in [2.05, 4.69) is 20.3 Å². The lowest BCUT2D eigenvalue weighted by Crippen LogP contribution is -2.42. The van der Waals surface area contributed by atoms with Crippen LogP contribution in [-0.2, 0) is 11.2 Å². The second-order valence-corrected chi connectivity index (χ2v) is 6.75. The van der Waals surface area contributed by atoms with E-state index < -0.39 is 23.7 Å². The molecule has 7 nitrogen and oxygen atoms in total. The van der Waals surface area contributed by atoms with E-state index in [-0.39, 0.29) is 6.42 Å². The molecule has 0 aliphatic carbocycles. The number of hydrogen-bond acceptors (Lipinski definition) is 4. The number of H-pyrrole nitrogens is 1. The van der Waals surface area contributed by atoms with E-state index in [0.29, 0.717) is 28.0 Å². The van der Waals surface area contributed by atoms with Gasteiger partial charge in [-0.25, -0.2) is 14.2 Å². The molecule has 8 heteroatoms. The summed E-state index contributed by atoms with van der Waals surface area (Å²) >= 11 is 0. The summed E-state index contributed by atoms with van der Waals surface area (Å²) in [5, 5.41) is 12.0. The van der Waals surface area contributed by atoms with Gasteiger partial charge in [0, 0.05) is 29.9 Å². The van der Waals surface area contributed by atoms with Crippen molar-refractivity contribution >= 4 is 22.9 Å². The Bertz CT molecular complexity index is 1210. The van der Waals surface area contributed by atoms with Gasteiger partial charge in [0.2, 0.25) is 0 Å². The van der Waals surface area contributed by atoms with Gasteiger partial charge in [0.05, 0.1) is 11.0 Å². The quantitative estimate of drug-likeness (QED) is 0.457. The average molecular weight is 404 g/mol. The first-order valence-electron chi connectivity index (χ1n) is 9.18. The van der Waals surface area contributed by atoms with E-state index in [1.165, 1.54) is 24.3 Å². The number of fused-ring (bicyclic) bond motifs is 1. The summed E-state index contributed by atoms with van der Waals surface area (Å²) in [6.45, 7) is 0. The monoisotopic (exact) mass is 404 g/mol. The number of rotatable bonds is 6. The molecular weight excluding hydrogens is 387 g/mol. The summed E-state index contributed by atoms with van der Waals surface area (Å²) in [5.41, 5.74) is 3.10. The molecule has 1 atom stereocenters. The lowest BCUT2D eigenvalue weighted by Gasteiger charge is -2.14. The maximum atomic E-state index is 13.1. The lowest BCUT2D eigenvalue weighted by molar-refractivity contribution is -0.139. The van der Waals surface area contributed by atoms with Crippen molar-refractivity contribution in [2.45, 2.75) is 12.5 Å². The first-order valence-corrected chi connectivity index (χ1v) is 9.18. The van der Waals surface area contributed by atoms with E-state index in [9.17, 15) is 19.1 Å². The summed E-state index contributed by atoms with van der Waals surface area (Å²) in [5.74, 6) is -1.46. The zero-order chi connectivity index (χ0) is 21.1. The Morgan fingerprint density at radius 3 is 2.50 bits per heavy atom. The van der Waals surface area contributed by atoms with Crippen molar-refractivity contribution in [3.8, 4) is 11.4 Å². The van der Waals surface area contributed by atoms with Crippen molar-refractivity contribution in [1.82, 2.24) is 20.3 Å². The van der Waals surface area contributed by atoms with Crippen LogP contribution in [-0.4, -0.2) is 38.0 Å². The van der Waals surface area contributed by atoms with Gasteiger partial charge in [-0.3, -0.25) is 9.78 Å². The average Bonchev–Trinajstić information content (AvgIpc) is 3.18. The van der Waals surface area contributed by atoms with Gasteiger partial charge in [0.25, 0.3) is 5.91 Å². The molecule has 0 aliphatic rings. The van der Waals surface area contributed by atoms with Gasteiger partial charge in [-0.15, -0.1) is 0 Å². The Balaban J connectivity index is 1.54. The number of hydrogen-bond donors (Lipinski definition) is 3. The lowest BCUT2D eigenvalue weighted by atomic mass is 10.1. The molecule has 0 bridgehead atoms. The van der Waals surface area contributed by atoms with E-state index in [4.69, 9.17) is 0 Å². The van der Waals surface area contributed by atoms with Crippen LogP contribution in [0, 0.1) is 5.82 Å². The SMILES string of the molecule is O=C(N[C@@H](Cc1ccc(F)cc1)C(=O)O)c1ccc2nc(-c3ccncc3)[nH]c2c1. The molecule has 4 aromatic rings. The van der Waals surface area contributed by atoms with E-state index in [0.717, 1.165) is 5.56 Å². The molecule has 0 saturated carbocycles. The van der Waals surface area contributed by atoms with E-state index >= 15 is 0 Å². The van der Waals surface area contributed by atoms with Gasteiger partial charge >= 0.3 is 5.97 Å². The van der Waals surface area contributed by atoms with Crippen LogP contribution >= 0.6 is 0 Å². The Hall–Kier alpha value is -4.07. The minimum absolute atomic E-state index is 0.0415. The number of carboxylic acids is 1. The number of carbonyl (C=O) groups is 2. The minimum atomic E-state index is -1.17. The van der Waals surface area contributed by atoms with Crippen LogP contribution < -0.4 is 5.32 Å². The molecule has 4 rings (SSSR count). The summed E-state index contributed by atoms with van der Waals surface area (Å²) in [6, 6.07) is 12.9. The number of benzene rings is 2. The van der Waals surface area contributed by atoms with Gasteiger partial charge < -0.3 is 15.4 Å². The van der Waals surface area contributed by atoms with Crippen molar-refractivity contribution in [2.75, 3.05) is 0 Å². The molecule has 0 unspecified atom stereocenters. The molecule has 0 spiro atoms. The Kier molecular flexibility index (Phi) is 5.21. The molecule has 3 N–H and O–H groups in total. The Labute approximate surface area is 170 Å². The van der Waals surface area contributed by atoms with Crippen molar-refractivity contribution in [1.29, 1.82) is 0 Å². The molecule has 1 amide bonds. The first kappa shape index (κ1) is 19.3. The third kappa shape index (κ3) is 4.17. The smallest absolute Gasteiger partial charge is 0.326 e. The van der Waals surface area contributed by atoms with Gasteiger partial charge in [0.15, 0.2) is 0 Å². The maximum Gasteiger partial charge on any atom is 0.326 e. The van der Waals surface area contributed by atoms with Crippen LogP contribution in [0.3, 0.4) is 0 Å². The summed E-state index contributed by atoms with van der Waals surface area (Å²) in [7, 11) is 0. The third-order valence-electron chi connectivity index (χ3n) is 4.65. The fraction of sp³-hybridized carbons (Fsp3) is 0.0909. The van der Waals surface area contributed by atoms with E-state index in [1.807, 2.05) is 12.1 Å². The maximum absolute atomic E-state index is 13.1. The van der Waals surface area contributed by atoms with Gasteiger partial charge in [0.1, 0.15) is 17.7 Å². The van der Waals surface area contributed by atoms with Crippen LogP contribution in [0.2, 0.25) is 0 Å². The molecule has 0 saturated heterocycles. The van der Waals surface area contributed by atoms with Crippen LogP contribution in [0.4, 0.5) is 4.39 Å². The number of carbonyl (C=O) groups excluding carboxylic acids is 1. The third-order valence-corrected chi connectivity index (χ3v) is 4.65. The summed E-state index contributed by atoms with van der Waals surface area (Å²) in [6.07, 6.45) is 3.36. The second kappa shape index (κ2) is 8.12. The summed E-state index contributed by atoms with van der Waals surface area (Å²) in [4.78, 5) is 35.9. The largest absolute Gasteiger partial charge is 0.480 e. The predicted molar refractivity (Wildman–Crippen MR) is 108 cm³/mol. The highest BCUT2D eigenvalue weighted by molar-refractivity contribution is 5.99. The van der Waals surface area contributed by atoms with Crippen LogP contribution in [0.5, 0.6) is 0 Å². The van der Waals surface area contributed by atoms with Crippen molar-refractivity contribution < 1.29 is 19.1 Å². The van der Waals surface area contributed by atoms with Crippen molar-refractivity contribution in [3.63, 3.8) is 0 Å². The Morgan fingerprint density at radius 1 is 1.07 bits per heavy atom. The highest BCUT2D eigenvalue weighted by Crippen LogP contribution is 2.21. The zero-order valence-electron chi connectivity index (χ0n) is 15.7. The van der Waals surface area contributed by atoms with Crippen LogP contribution in [0.25, 0.3) is 22.4 Å². The fourth-order valence-electron chi connectivity index (χ4n) is 3.10.